The molecule has 27 heavy (non-hydrogen) atoms. The van der Waals surface area contributed by atoms with E-state index < -0.39 is 0 Å². The van der Waals surface area contributed by atoms with Crippen LogP contribution in [0.2, 0.25) is 5.02 Å². The fraction of sp³-hybridized carbons (Fsp3) is 0.409. The van der Waals surface area contributed by atoms with E-state index in [0.717, 1.165) is 43.1 Å². The molecule has 1 fully saturated rings. The number of hydrogen-bond donors (Lipinski definition) is 1. The van der Waals surface area contributed by atoms with Crippen LogP contribution in [0.4, 0.5) is 0 Å². The van der Waals surface area contributed by atoms with Gasteiger partial charge in [-0.1, -0.05) is 23.7 Å². The highest BCUT2D eigenvalue weighted by Crippen LogP contribution is 2.24. The number of hydrogen-bond acceptors (Lipinski definition) is 3. The van der Waals surface area contributed by atoms with Crippen molar-refractivity contribution in [3.05, 3.63) is 64.7 Å². The van der Waals surface area contributed by atoms with Crippen LogP contribution in [0, 0.1) is 0 Å². The van der Waals surface area contributed by atoms with Crippen LogP contribution < -0.4 is 5.32 Å². The largest absolute Gasteiger partial charge is 0.378 e. The van der Waals surface area contributed by atoms with Crippen LogP contribution in [0.3, 0.4) is 0 Å². The van der Waals surface area contributed by atoms with Gasteiger partial charge in [0.25, 0.3) is 5.91 Å². The number of ether oxygens (including phenoxy) is 1. The number of halogens is 1. The Kier molecular flexibility index (Phi) is 7.62. The molecule has 0 aromatic heterocycles. The van der Waals surface area contributed by atoms with Gasteiger partial charge in [-0.15, -0.1) is 11.8 Å². The van der Waals surface area contributed by atoms with Crippen LogP contribution in [-0.4, -0.2) is 24.7 Å². The van der Waals surface area contributed by atoms with Crippen molar-refractivity contribution in [1.29, 1.82) is 0 Å². The molecule has 3 nitrogen and oxygen atoms in total. The number of nitrogens with one attached hydrogen (secondary N) is 1. The molecule has 0 spiro atoms. The molecule has 2 unspecified atom stereocenters. The molecule has 3 rings (SSSR count). The van der Waals surface area contributed by atoms with Crippen molar-refractivity contribution in [2.75, 3.05) is 6.61 Å². The first-order valence-corrected chi connectivity index (χ1v) is 10.9. The van der Waals surface area contributed by atoms with Crippen molar-refractivity contribution in [2.24, 2.45) is 0 Å². The Morgan fingerprint density at radius 2 is 1.96 bits per heavy atom. The molecule has 2 aromatic carbocycles. The number of carbonyl (C=O) groups is 1. The molecule has 1 aliphatic rings. The lowest BCUT2D eigenvalue weighted by Gasteiger charge is -2.16. The minimum Gasteiger partial charge on any atom is -0.378 e. The maximum atomic E-state index is 12.4. The Labute approximate surface area is 170 Å². The van der Waals surface area contributed by atoms with Crippen molar-refractivity contribution in [2.45, 2.75) is 55.4 Å². The molecule has 144 valence electrons. The molecule has 0 saturated carbocycles. The van der Waals surface area contributed by atoms with E-state index in [4.69, 9.17) is 16.3 Å². The first kappa shape index (κ1) is 20.2. The third-order valence-electron chi connectivity index (χ3n) is 4.76. The van der Waals surface area contributed by atoms with Gasteiger partial charge in [-0.25, -0.2) is 0 Å². The highest BCUT2D eigenvalue weighted by Gasteiger charge is 2.17. The molecule has 1 amide bonds. The van der Waals surface area contributed by atoms with Gasteiger partial charge in [0.2, 0.25) is 0 Å². The molecule has 2 aromatic rings. The minimum absolute atomic E-state index is 0.00764. The number of amides is 1. The van der Waals surface area contributed by atoms with Crippen molar-refractivity contribution >= 4 is 29.3 Å². The van der Waals surface area contributed by atoms with E-state index in [-0.39, 0.29) is 11.9 Å². The molecule has 2 atom stereocenters. The fourth-order valence-corrected chi connectivity index (χ4v) is 4.12. The van der Waals surface area contributed by atoms with Crippen molar-refractivity contribution < 1.29 is 9.53 Å². The highest BCUT2D eigenvalue weighted by atomic mass is 35.5. The summed E-state index contributed by atoms with van der Waals surface area (Å²) >= 11 is 7.67. The van der Waals surface area contributed by atoms with Gasteiger partial charge >= 0.3 is 0 Å². The second kappa shape index (κ2) is 10.2. The van der Waals surface area contributed by atoms with Crippen LogP contribution in [0.25, 0.3) is 0 Å². The lowest BCUT2D eigenvalue weighted by atomic mass is 10.1. The lowest BCUT2D eigenvalue weighted by molar-refractivity contribution is 0.0899. The highest BCUT2D eigenvalue weighted by molar-refractivity contribution is 7.98. The van der Waals surface area contributed by atoms with E-state index >= 15 is 0 Å². The number of benzene rings is 2. The summed E-state index contributed by atoms with van der Waals surface area (Å²) in [5.74, 6) is 0.855. The van der Waals surface area contributed by atoms with Gasteiger partial charge in [-0.2, -0.15) is 0 Å². The Hall–Kier alpha value is -1.49. The first-order chi connectivity index (χ1) is 13.1. The molecule has 0 radical (unpaired) electrons. The first-order valence-electron chi connectivity index (χ1n) is 9.50. The molecular weight excluding hydrogens is 378 g/mol. The minimum atomic E-state index is -0.00764. The maximum Gasteiger partial charge on any atom is 0.251 e. The zero-order valence-corrected chi connectivity index (χ0v) is 17.2. The van der Waals surface area contributed by atoms with Crippen molar-refractivity contribution in [3.8, 4) is 0 Å². The second-order valence-electron chi connectivity index (χ2n) is 7.03. The summed E-state index contributed by atoms with van der Waals surface area (Å²) in [6.07, 6.45) is 4.65. The Morgan fingerprint density at radius 3 is 2.63 bits per heavy atom. The Morgan fingerprint density at radius 1 is 1.22 bits per heavy atom. The average Bonchev–Trinajstić information content (AvgIpc) is 3.20. The zero-order valence-electron chi connectivity index (χ0n) is 15.6. The fourth-order valence-electron chi connectivity index (χ4n) is 3.14. The average molecular weight is 404 g/mol. The van der Waals surface area contributed by atoms with E-state index in [2.05, 4.69) is 12.2 Å². The summed E-state index contributed by atoms with van der Waals surface area (Å²) in [6.45, 7) is 2.94. The molecule has 0 bridgehead atoms. The predicted octanol–water partition coefficient (Wildman–Crippen LogP) is 5.71. The summed E-state index contributed by atoms with van der Waals surface area (Å²) in [4.78, 5) is 13.6. The molecule has 1 N–H and O–H groups in total. The van der Waals surface area contributed by atoms with Gasteiger partial charge in [-0.05, 0) is 74.6 Å². The van der Waals surface area contributed by atoms with Crippen molar-refractivity contribution in [1.82, 2.24) is 5.32 Å². The van der Waals surface area contributed by atoms with Crippen LogP contribution in [0.1, 0.15) is 48.5 Å². The molecule has 1 saturated heterocycles. The third-order valence-corrected chi connectivity index (χ3v) is 6.09. The standard InChI is InChI=1S/C22H26ClNO2S/c1-16(4-11-20-3-2-14-26-20)24-22(25)18-7-5-17(6-8-18)15-27-21-12-9-19(23)10-13-21/h5-10,12-13,16,20H,2-4,11,14-15H2,1H3,(H,24,25). The van der Waals surface area contributed by atoms with Gasteiger partial charge in [0.1, 0.15) is 0 Å². The van der Waals surface area contributed by atoms with Crippen LogP contribution in [-0.2, 0) is 10.5 Å². The van der Waals surface area contributed by atoms with Gasteiger partial charge in [0.05, 0.1) is 6.10 Å². The summed E-state index contributed by atoms with van der Waals surface area (Å²) in [7, 11) is 0. The summed E-state index contributed by atoms with van der Waals surface area (Å²) in [5, 5.41) is 3.84. The van der Waals surface area contributed by atoms with E-state index in [0.29, 0.717) is 11.7 Å². The molecule has 1 aliphatic heterocycles. The molecule has 5 heteroatoms. The van der Waals surface area contributed by atoms with E-state index in [9.17, 15) is 4.79 Å². The zero-order chi connectivity index (χ0) is 19.1. The topological polar surface area (TPSA) is 38.3 Å². The van der Waals surface area contributed by atoms with Crippen LogP contribution in [0.5, 0.6) is 0 Å². The lowest BCUT2D eigenvalue weighted by Crippen LogP contribution is -2.33. The number of carbonyl (C=O) groups excluding carboxylic acids is 1. The Balaban J connectivity index is 1.44. The predicted molar refractivity (Wildman–Crippen MR) is 113 cm³/mol. The normalized spacial score (nSPS) is 17.6. The maximum absolute atomic E-state index is 12.4. The van der Waals surface area contributed by atoms with Crippen molar-refractivity contribution in [3.63, 3.8) is 0 Å². The summed E-state index contributed by atoms with van der Waals surface area (Å²) in [6, 6.07) is 15.8. The monoisotopic (exact) mass is 403 g/mol. The molecule has 0 aliphatic carbocycles. The van der Waals surface area contributed by atoms with Gasteiger partial charge in [-0.3, -0.25) is 4.79 Å². The SMILES string of the molecule is CC(CCC1CCCO1)NC(=O)c1ccc(CSc2ccc(Cl)cc2)cc1. The van der Waals surface area contributed by atoms with Gasteiger partial charge < -0.3 is 10.1 Å². The smallest absolute Gasteiger partial charge is 0.251 e. The quantitative estimate of drug-likeness (QED) is 0.573. The van der Waals surface area contributed by atoms with Crippen LogP contribution >= 0.6 is 23.4 Å². The van der Waals surface area contributed by atoms with E-state index in [1.54, 1.807) is 11.8 Å². The Bertz CT molecular complexity index is 727. The summed E-state index contributed by atoms with van der Waals surface area (Å²) in [5.41, 5.74) is 1.90. The van der Waals surface area contributed by atoms with Crippen LogP contribution in [0.15, 0.2) is 53.4 Å². The van der Waals surface area contributed by atoms with E-state index in [1.807, 2.05) is 48.5 Å². The third kappa shape index (κ3) is 6.56. The summed E-state index contributed by atoms with van der Waals surface area (Å²) < 4.78 is 5.65. The molecular formula is C22H26ClNO2S. The number of rotatable bonds is 8. The number of thioether (sulfide) groups is 1. The second-order valence-corrected chi connectivity index (χ2v) is 8.51. The van der Waals surface area contributed by atoms with Gasteiger partial charge in [0, 0.05) is 33.9 Å². The molecule has 1 heterocycles. The van der Waals surface area contributed by atoms with Gasteiger partial charge in [0.15, 0.2) is 0 Å². The van der Waals surface area contributed by atoms with E-state index in [1.165, 1.54) is 10.5 Å².